The van der Waals surface area contributed by atoms with Crippen molar-refractivity contribution in [3.8, 4) is 0 Å². The van der Waals surface area contributed by atoms with E-state index >= 15 is 0 Å². The Hall–Kier alpha value is -4.07. The van der Waals surface area contributed by atoms with Crippen LogP contribution in [-0.2, 0) is 22.5 Å². The van der Waals surface area contributed by atoms with Gasteiger partial charge in [-0.1, -0.05) is 44.2 Å². The van der Waals surface area contributed by atoms with E-state index < -0.39 is 5.97 Å². The molecule has 3 N–H and O–H groups in total. The molecule has 0 aliphatic heterocycles. The van der Waals surface area contributed by atoms with Gasteiger partial charge in [0.05, 0.1) is 24.7 Å². The van der Waals surface area contributed by atoms with E-state index in [1.165, 1.54) is 14.0 Å². The Labute approximate surface area is 204 Å². The molecule has 35 heavy (non-hydrogen) atoms. The zero-order valence-corrected chi connectivity index (χ0v) is 20.5. The minimum absolute atomic E-state index is 0.274. The smallest absolute Gasteiger partial charge is 0.356 e. The Kier molecular flexibility index (Phi) is 7.19. The monoisotopic (exact) mass is 473 g/mol. The van der Waals surface area contributed by atoms with Gasteiger partial charge in [0.1, 0.15) is 5.65 Å². The third-order valence-electron chi connectivity index (χ3n) is 5.80. The average molecular weight is 474 g/mol. The number of amides is 1. The van der Waals surface area contributed by atoms with Crippen LogP contribution < -0.4 is 10.6 Å². The molecule has 0 atom stereocenters. The normalized spacial score (nSPS) is 11.6. The Bertz CT molecular complexity index is 1400. The maximum absolute atomic E-state index is 12.9. The third-order valence-corrected chi connectivity index (χ3v) is 5.80. The number of carbonyl (C=O) groups excluding carboxylic acids is 2. The number of ether oxygens (including phenoxy) is 1. The van der Waals surface area contributed by atoms with E-state index in [9.17, 15) is 9.59 Å². The van der Waals surface area contributed by atoms with Gasteiger partial charge in [-0.05, 0) is 30.0 Å². The molecule has 1 amide bonds. The van der Waals surface area contributed by atoms with Crippen molar-refractivity contribution in [2.45, 2.75) is 33.7 Å². The van der Waals surface area contributed by atoms with Crippen LogP contribution in [0.15, 0.2) is 54.9 Å². The number of benzene rings is 1. The number of aromatic amines is 1. The average Bonchev–Trinajstić information content (AvgIpc) is 3.38. The fourth-order valence-electron chi connectivity index (χ4n) is 4.24. The van der Waals surface area contributed by atoms with Crippen LogP contribution in [0.1, 0.15) is 36.8 Å². The summed E-state index contributed by atoms with van der Waals surface area (Å²) in [6, 6.07) is 10.0. The number of hydrogen-bond acceptors (Lipinski definition) is 5. The topological polar surface area (TPSA) is 101 Å². The summed E-state index contributed by atoms with van der Waals surface area (Å²) in [5.74, 6) is -0.332. The molecule has 0 saturated carbocycles. The van der Waals surface area contributed by atoms with Crippen molar-refractivity contribution in [2.24, 2.45) is 5.92 Å². The second-order valence-electron chi connectivity index (χ2n) is 8.81. The van der Waals surface area contributed by atoms with E-state index in [4.69, 9.17) is 4.74 Å². The Morgan fingerprint density at radius 2 is 2.03 bits per heavy atom. The van der Waals surface area contributed by atoms with E-state index in [0.29, 0.717) is 42.1 Å². The van der Waals surface area contributed by atoms with Gasteiger partial charge in [-0.2, -0.15) is 0 Å². The number of methoxy groups -OCH3 is 1. The standard InChI is InChI=1S/C27H31N5O3/c1-17(2)8-7-12-28-20-14-22-24(31-18(3)33)25(27(34)35-4)32(26(22)30-16-20)13-11-19-15-29-23-10-6-5-9-21(19)23/h5-10,14-17,28-29H,11-13H2,1-4H3,(H,31,33). The quantitative estimate of drug-likeness (QED) is 0.231. The number of esters is 1. The highest BCUT2D eigenvalue weighted by atomic mass is 16.5. The number of fused-ring (bicyclic) bond motifs is 2. The molecule has 8 heteroatoms. The highest BCUT2D eigenvalue weighted by Gasteiger charge is 2.25. The summed E-state index contributed by atoms with van der Waals surface area (Å²) < 4.78 is 6.93. The number of carbonyl (C=O) groups is 2. The van der Waals surface area contributed by atoms with Gasteiger partial charge < -0.3 is 24.9 Å². The van der Waals surface area contributed by atoms with Gasteiger partial charge in [-0.15, -0.1) is 0 Å². The highest BCUT2D eigenvalue weighted by molar-refractivity contribution is 6.11. The van der Waals surface area contributed by atoms with Gasteiger partial charge in [-0.25, -0.2) is 9.78 Å². The second kappa shape index (κ2) is 10.5. The molecule has 0 fully saturated rings. The maximum atomic E-state index is 12.9. The summed E-state index contributed by atoms with van der Waals surface area (Å²) in [5, 5.41) is 7.98. The number of allylic oxidation sites excluding steroid dienone is 1. The van der Waals surface area contributed by atoms with Gasteiger partial charge in [0, 0.05) is 42.5 Å². The Morgan fingerprint density at radius 3 is 2.77 bits per heavy atom. The predicted molar refractivity (Wildman–Crippen MR) is 140 cm³/mol. The molecule has 0 bridgehead atoms. The van der Waals surface area contributed by atoms with Crippen molar-refractivity contribution >= 4 is 45.2 Å². The van der Waals surface area contributed by atoms with E-state index in [1.54, 1.807) is 6.20 Å². The van der Waals surface area contributed by atoms with Crippen molar-refractivity contribution in [1.29, 1.82) is 0 Å². The summed E-state index contributed by atoms with van der Waals surface area (Å²) >= 11 is 0. The lowest BCUT2D eigenvalue weighted by molar-refractivity contribution is -0.114. The number of hydrogen-bond donors (Lipinski definition) is 3. The van der Waals surface area contributed by atoms with Crippen molar-refractivity contribution in [1.82, 2.24) is 14.5 Å². The van der Waals surface area contributed by atoms with Gasteiger partial charge in [0.25, 0.3) is 0 Å². The van der Waals surface area contributed by atoms with Crippen LogP contribution in [0.5, 0.6) is 0 Å². The van der Waals surface area contributed by atoms with Gasteiger partial charge >= 0.3 is 5.97 Å². The molecule has 182 valence electrons. The van der Waals surface area contributed by atoms with Gasteiger partial charge in [0.15, 0.2) is 5.69 Å². The zero-order valence-electron chi connectivity index (χ0n) is 20.5. The number of aryl methyl sites for hydroxylation is 2. The third kappa shape index (κ3) is 5.21. The maximum Gasteiger partial charge on any atom is 0.356 e. The molecule has 3 aromatic heterocycles. The van der Waals surface area contributed by atoms with Crippen LogP contribution >= 0.6 is 0 Å². The molecule has 0 spiro atoms. The zero-order chi connectivity index (χ0) is 24.9. The SMILES string of the molecule is COC(=O)c1c(NC(C)=O)c2cc(NCC=CC(C)C)cnc2n1CCc1c[nH]c2ccccc12. The first-order chi connectivity index (χ1) is 16.9. The number of nitrogens with one attached hydrogen (secondary N) is 3. The minimum Gasteiger partial charge on any atom is -0.464 e. The molecule has 4 aromatic rings. The van der Waals surface area contributed by atoms with Crippen molar-refractivity contribution in [3.05, 3.63) is 66.1 Å². The van der Waals surface area contributed by atoms with E-state index in [0.717, 1.165) is 22.2 Å². The minimum atomic E-state index is -0.528. The fourth-order valence-corrected chi connectivity index (χ4v) is 4.24. The summed E-state index contributed by atoms with van der Waals surface area (Å²) in [7, 11) is 1.34. The number of anilines is 2. The van der Waals surface area contributed by atoms with Crippen LogP contribution in [0.4, 0.5) is 11.4 Å². The number of rotatable bonds is 9. The van der Waals surface area contributed by atoms with Crippen LogP contribution in [0.3, 0.4) is 0 Å². The lowest BCUT2D eigenvalue weighted by atomic mass is 10.1. The Morgan fingerprint density at radius 1 is 1.23 bits per heavy atom. The number of pyridine rings is 1. The van der Waals surface area contributed by atoms with Crippen LogP contribution in [0.2, 0.25) is 0 Å². The summed E-state index contributed by atoms with van der Waals surface area (Å²) in [6.07, 6.45) is 8.59. The van der Waals surface area contributed by atoms with Crippen molar-refractivity contribution in [2.75, 3.05) is 24.3 Å². The number of nitrogens with zero attached hydrogens (tertiary/aromatic N) is 2. The molecule has 3 heterocycles. The molecule has 4 rings (SSSR count). The van der Waals surface area contributed by atoms with Crippen molar-refractivity contribution < 1.29 is 14.3 Å². The molecular weight excluding hydrogens is 442 g/mol. The van der Waals surface area contributed by atoms with Crippen LogP contribution in [-0.4, -0.2) is 40.1 Å². The predicted octanol–water partition coefficient (Wildman–Crippen LogP) is 5.13. The first kappa shape index (κ1) is 24.1. The molecule has 0 radical (unpaired) electrons. The number of H-pyrrole nitrogens is 1. The van der Waals surface area contributed by atoms with Crippen LogP contribution in [0.25, 0.3) is 21.9 Å². The molecule has 0 aliphatic rings. The van der Waals surface area contributed by atoms with E-state index in [2.05, 4.69) is 52.7 Å². The molecule has 0 saturated heterocycles. The second-order valence-corrected chi connectivity index (χ2v) is 8.81. The highest BCUT2D eigenvalue weighted by Crippen LogP contribution is 2.33. The largest absolute Gasteiger partial charge is 0.464 e. The Balaban J connectivity index is 1.75. The molecule has 1 aromatic carbocycles. The van der Waals surface area contributed by atoms with Crippen molar-refractivity contribution in [3.63, 3.8) is 0 Å². The molecule has 0 unspecified atom stereocenters. The lowest BCUT2D eigenvalue weighted by Crippen LogP contribution is -2.16. The summed E-state index contributed by atoms with van der Waals surface area (Å²) in [4.78, 5) is 32.9. The van der Waals surface area contributed by atoms with Gasteiger partial charge in [-0.3, -0.25) is 4.79 Å². The summed E-state index contributed by atoms with van der Waals surface area (Å²) in [6.45, 7) is 6.79. The fraction of sp³-hybridized carbons (Fsp3) is 0.296. The first-order valence-corrected chi connectivity index (χ1v) is 11.7. The van der Waals surface area contributed by atoms with Crippen LogP contribution in [0, 0.1) is 5.92 Å². The molecule has 0 aliphatic carbocycles. The molecular formula is C27H31N5O3. The van der Waals surface area contributed by atoms with E-state index in [1.807, 2.05) is 35.0 Å². The lowest BCUT2D eigenvalue weighted by Gasteiger charge is -2.10. The number of aromatic nitrogens is 3. The number of para-hydroxylation sites is 1. The molecule has 8 nitrogen and oxygen atoms in total. The first-order valence-electron chi connectivity index (χ1n) is 11.7. The van der Waals surface area contributed by atoms with E-state index in [-0.39, 0.29) is 11.6 Å². The van der Waals surface area contributed by atoms with Gasteiger partial charge in [0.2, 0.25) is 5.91 Å². The summed E-state index contributed by atoms with van der Waals surface area (Å²) in [5.41, 5.74) is 4.29.